The average molecular weight is 333 g/mol. The number of benzene rings is 3. The fraction of sp³-hybridized carbons (Fsp3) is 0. The van der Waals surface area contributed by atoms with Crippen LogP contribution < -0.4 is 10.1 Å². The van der Waals surface area contributed by atoms with Gasteiger partial charge in [-0.1, -0.05) is 30.3 Å². The van der Waals surface area contributed by atoms with E-state index in [-0.39, 0.29) is 11.5 Å². The molecule has 0 unspecified atom stereocenters. The summed E-state index contributed by atoms with van der Waals surface area (Å²) in [4.78, 5) is 23.4. The van der Waals surface area contributed by atoms with Crippen molar-refractivity contribution in [2.45, 2.75) is 0 Å². The molecule has 0 aliphatic heterocycles. The summed E-state index contributed by atoms with van der Waals surface area (Å²) in [6.07, 6.45) is 0. The largest absolute Gasteiger partial charge is 0.478 e. The summed E-state index contributed by atoms with van der Waals surface area (Å²) in [6, 6.07) is 22.1. The Bertz CT molecular complexity index is 889. The molecule has 0 heterocycles. The quantitative estimate of drug-likeness (QED) is 0.724. The van der Waals surface area contributed by atoms with E-state index in [4.69, 9.17) is 9.84 Å². The number of carbonyl (C=O) groups excluding carboxylic acids is 1. The Kier molecular flexibility index (Phi) is 4.76. The number of ether oxygens (including phenoxy) is 1. The predicted octanol–water partition coefficient (Wildman–Crippen LogP) is 4.43. The van der Waals surface area contributed by atoms with Crippen LogP contribution in [0.1, 0.15) is 20.7 Å². The highest BCUT2D eigenvalue weighted by atomic mass is 16.5. The summed E-state index contributed by atoms with van der Waals surface area (Å²) in [5.74, 6) is -0.281. The molecule has 2 N–H and O–H groups in total. The fourth-order valence-electron chi connectivity index (χ4n) is 2.25. The molecule has 3 aromatic carbocycles. The second-order valence-electron chi connectivity index (χ2n) is 5.25. The van der Waals surface area contributed by atoms with Crippen LogP contribution in [0, 0.1) is 0 Å². The molecule has 0 atom stereocenters. The zero-order valence-corrected chi connectivity index (χ0v) is 13.2. The first kappa shape index (κ1) is 16.3. The normalized spacial score (nSPS) is 10.1. The Labute approximate surface area is 144 Å². The molecule has 5 nitrogen and oxygen atoms in total. The number of amides is 1. The molecular formula is C20H15NO4. The molecule has 0 radical (unpaired) electrons. The number of hydrogen-bond donors (Lipinski definition) is 2. The first-order chi connectivity index (χ1) is 12.1. The lowest BCUT2D eigenvalue weighted by Crippen LogP contribution is -2.13. The third kappa shape index (κ3) is 4.03. The Morgan fingerprint density at radius 3 is 2.12 bits per heavy atom. The number of nitrogens with one attached hydrogen (secondary N) is 1. The topological polar surface area (TPSA) is 75.6 Å². The molecule has 0 bridgehead atoms. The molecule has 0 spiro atoms. The van der Waals surface area contributed by atoms with Gasteiger partial charge >= 0.3 is 5.97 Å². The second kappa shape index (κ2) is 7.31. The van der Waals surface area contributed by atoms with Crippen molar-refractivity contribution in [1.29, 1.82) is 0 Å². The van der Waals surface area contributed by atoms with E-state index in [0.29, 0.717) is 22.7 Å². The molecule has 25 heavy (non-hydrogen) atoms. The van der Waals surface area contributed by atoms with Gasteiger partial charge in [-0.25, -0.2) is 4.79 Å². The van der Waals surface area contributed by atoms with Gasteiger partial charge < -0.3 is 15.2 Å². The summed E-state index contributed by atoms with van der Waals surface area (Å²) in [5, 5.41) is 11.6. The van der Waals surface area contributed by atoms with Gasteiger partial charge in [0.15, 0.2) is 0 Å². The number of anilines is 1. The molecular weight excluding hydrogens is 318 g/mol. The Hall–Kier alpha value is -3.60. The van der Waals surface area contributed by atoms with Gasteiger partial charge in [0.25, 0.3) is 5.91 Å². The van der Waals surface area contributed by atoms with Gasteiger partial charge in [-0.3, -0.25) is 4.79 Å². The summed E-state index contributed by atoms with van der Waals surface area (Å²) in [5.41, 5.74) is 1.05. The standard InChI is InChI=1S/C20H15NO4/c22-19(21-15-12-10-14(11-13-15)20(23)24)17-8-4-5-9-18(17)25-16-6-2-1-3-7-16/h1-13H,(H,21,22)(H,23,24). The van der Waals surface area contributed by atoms with Crippen LogP contribution in [0.2, 0.25) is 0 Å². The maximum atomic E-state index is 12.5. The number of para-hydroxylation sites is 2. The maximum Gasteiger partial charge on any atom is 0.335 e. The molecule has 0 aromatic heterocycles. The van der Waals surface area contributed by atoms with Crippen molar-refractivity contribution in [2.24, 2.45) is 0 Å². The molecule has 3 aromatic rings. The third-order valence-corrected chi connectivity index (χ3v) is 3.49. The van der Waals surface area contributed by atoms with Gasteiger partial charge in [-0.05, 0) is 48.5 Å². The van der Waals surface area contributed by atoms with Crippen molar-refractivity contribution in [3.63, 3.8) is 0 Å². The van der Waals surface area contributed by atoms with E-state index in [1.807, 2.05) is 18.2 Å². The van der Waals surface area contributed by atoms with E-state index in [1.54, 1.807) is 48.5 Å². The van der Waals surface area contributed by atoms with Gasteiger partial charge in [0.2, 0.25) is 0 Å². The van der Waals surface area contributed by atoms with Gasteiger partial charge in [-0.2, -0.15) is 0 Å². The number of rotatable bonds is 5. The second-order valence-corrected chi connectivity index (χ2v) is 5.25. The number of carboxylic acids is 1. The van der Waals surface area contributed by atoms with E-state index in [0.717, 1.165) is 0 Å². The zero-order chi connectivity index (χ0) is 17.6. The molecule has 0 saturated carbocycles. The van der Waals surface area contributed by atoms with Crippen LogP contribution in [-0.4, -0.2) is 17.0 Å². The summed E-state index contributed by atoms with van der Waals surface area (Å²) < 4.78 is 5.78. The Balaban J connectivity index is 1.79. The van der Waals surface area contributed by atoms with Crippen molar-refractivity contribution in [1.82, 2.24) is 0 Å². The molecule has 5 heteroatoms. The van der Waals surface area contributed by atoms with Crippen molar-refractivity contribution >= 4 is 17.6 Å². The number of aromatic carboxylic acids is 1. The number of hydrogen-bond acceptors (Lipinski definition) is 3. The first-order valence-electron chi connectivity index (χ1n) is 7.60. The minimum Gasteiger partial charge on any atom is -0.478 e. The summed E-state index contributed by atoms with van der Waals surface area (Å²) >= 11 is 0. The minimum absolute atomic E-state index is 0.158. The number of carboxylic acid groups (broad SMARTS) is 1. The van der Waals surface area contributed by atoms with Crippen molar-refractivity contribution < 1.29 is 19.4 Å². The number of carbonyl (C=O) groups is 2. The van der Waals surface area contributed by atoms with Crippen LogP contribution >= 0.6 is 0 Å². The molecule has 0 aliphatic carbocycles. The lowest BCUT2D eigenvalue weighted by molar-refractivity contribution is 0.0696. The van der Waals surface area contributed by atoms with Gasteiger partial charge in [-0.15, -0.1) is 0 Å². The van der Waals surface area contributed by atoms with Crippen molar-refractivity contribution in [2.75, 3.05) is 5.32 Å². The highest BCUT2D eigenvalue weighted by Gasteiger charge is 2.13. The molecule has 3 rings (SSSR count). The lowest BCUT2D eigenvalue weighted by Gasteiger charge is -2.11. The molecule has 0 fully saturated rings. The predicted molar refractivity (Wildman–Crippen MR) is 94.3 cm³/mol. The van der Waals surface area contributed by atoms with E-state index >= 15 is 0 Å². The highest BCUT2D eigenvalue weighted by Crippen LogP contribution is 2.25. The highest BCUT2D eigenvalue weighted by molar-refractivity contribution is 6.06. The SMILES string of the molecule is O=C(O)c1ccc(NC(=O)c2ccccc2Oc2ccccc2)cc1. The maximum absolute atomic E-state index is 12.5. The van der Waals surface area contributed by atoms with E-state index in [1.165, 1.54) is 12.1 Å². The Morgan fingerprint density at radius 1 is 0.800 bits per heavy atom. The van der Waals surface area contributed by atoms with Crippen molar-refractivity contribution in [3.05, 3.63) is 90.0 Å². The monoisotopic (exact) mass is 333 g/mol. The zero-order valence-electron chi connectivity index (χ0n) is 13.2. The van der Waals surface area contributed by atoms with Crippen LogP contribution in [0.25, 0.3) is 0 Å². The van der Waals surface area contributed by atoms with Gasteiger partial charge in [0, 0.05) is 5.69 Å². The van der Waals surface area contributed by atoms with E-state index < -0.39 is 5.97 Å². The average Bonchev–Trinajstić information content (AvgIpc) is 2.63. The van der Waals surface area contributed by atoms with E-state index in [9.17, 15) is 9.59 Å². The van der Waals surface area contributed by atoms with Crippen LogP contribution in [0.3, 0.4) is 0 Å². The lowest BCUT2D eigenvalue weighted by atomic mass is 10.1. The van der Waals surface area contributed by atoms with E-state index in [2.05, 4.69) is 5.32 Å². The third-order valence-electron chi connectivity index (χ3n) is 3.49. The molecule has 1 amide bonds. The molecule has 0 saturated heterocycles. The van der Waals surface area contributed by atoms with Crippen LogP contribution in [0.5, 0.6) is 11.5 Å². The van der Waals surface area contributed by atoms with Gasteiger partial charge in [0.1, 0.15) is 11.5 Å². The smallest absolute Gasteiger partial charge is 0.335 e. The summed E-state index contributed by atoms with van der Waals surface area (Å²) in [6.45, 7) is 0. The minimum atomic E-state index is -1.01. The first-order valence-corrected chi connectivity index (χ1v) is 7.60. The van der Waals surface area contributed by atoms with Crippen LogP contribution in [0.4, 0.5) is 5.69 Å². The Morgan fingerprint density at radius 2 is 1.44 bits per heavy atom. The van der Waals surface area contributed by atoms with Crippen molar-refractivity contribution in [3.8, 4) is 11.5 Å². The van der Waals surface area contributed by atoms with Gasteiger partial charge in [0.05, 0.1) is 11.1 Å². The fourth-order valence-corrected chi connectivity index (χ4v) is 2.25. The summed E-state index contributed by atoms with van der Waals surface area (Å²) in [7, 11) is 0. The van der Waals surface area contributed by atoms with Crippen LogP contribution in [0.15, 0.2) is 78.9 Å². The van der Waals surface area contributed by atoms with Crippen LogP contribution in [-0.2, 0) is 0 Å². The molecule has 0 aliphatic rings. The molecule has 124 valence electrons.